The number of fused-ring (bicyclic) bond motifs is 1. The summed E-state index contributed by atoms with van der Waals surface area (Å²) in [6.07, 6.45) is 0. The number of carbonyl (C=O) groups is 3. The molecule has 3 aromatic carbocycles. The van der Waals surface area contributed by atoms with Crippen LogP contribution in [0.15, 0.2) is 54.6 Å². The third-order valence-corrected chi connectivity index (χ3v) is 4.73. The second-order valence-electron chi connectivity index (χ2n) is 7.10. The number of aryl methyl sites for hydroxylation is 3. The van der Waals surface area contributed by atoms with Crippen LogP contribution >= 0.6 is 0 Å². The summed E-state index contributed by atoms with van der Waals surface area (Å²) in [6, 6.07) is 16.9. The van der Waals surface area contributed by atoms with Crippen molar-refractivity contribution in [2.75, 3.05) is 13.2 Å². The van der Waals surface area contributed by atoms with Gasteiger partial charge < -0.3 is 10.1 Å². The molecule has 0 aromatic heterocycles. The maximum atomic E-state index is 12.4. The normalized spacial score (nSPS) is 10.6. The van der Waals surface area contributed by atoms with Crippen molar-refractivity contribution >= 4 is 28.4 Å². The zero-order valence-corrected chi connectivity index (χ0v) is 16.7. The number of nitrogens with one attached hydrogen (secondary N) is 1. The minimum atomic E-state index is -0.657. The average Bonchev–Trinajstić information content (AvgIpc) is 2.69. The number of hydrogen-bond donors (Lipinski definition) is 1. The lowest BCUT2D eigenvalue weighted by atomic mass is 9.97. The van der Waals surface area contributed by atoms with Gasteiger partial charge in [-0.3, -0.25) is 14.4 Å². The quantitative estimate of drug-likeness (QED) is 0.512. The molecule has 0 heterocycles. The highest BCUT2D eigenvalue weighted by atomic mass is 16.5. The highest BCUT2D eigenvalue weighted by Gasteiger charge is 2.16. The van der Waals surface area contributed by atoms with Gasteiger partial charge in [-0.1, -0.05) is 48.0 Å². The van der Waals surface area contributed by atoms with Crippen LogP contribution < -0.4 is 5.32 Å². The van der Waals surface area contributed by atoms with Crippen molar-refractivity contribution in [2.45, 2.75) is 20.8 Å². The minimum Gasteiger partial charge on any atom is -0.456 e. The first kappa shape index (κ1) is 20.3. The van der Waals surface area contributed by atoms with Crippen LogP contribution in [0.5, 0.6) is 0 Å². The van der Waals surface area contributed by atoms with E-state index in [0.717, 1.165) is 27.5 Å². The summed E-state index contributed by atoms with van der Waals surface area (Å²) in [5.41, 5.74) is 3.81. The number of hydrogen-bond acceptors (Lipinski definition) is 4. The minimum absolute atomic E-state index is 0.255. The van der Waals surface area contributed by atoms with Crippen molar-refractivity contribution in [1.29, 1.82) is 0 Å². The van der Waals surface area contributed by atoms with Gasteiger partial charge in [-0.15, -0.1) is 0 Å². The molecule has 0 unspecified atom stereocenters. The monoisotopic (exact) mass is 389 g/mol. The predicted molar refractivity (Wildman–Crippen MR) is 112 cm³/mol. The van der Waals surface area contributed by atoms with Crippen LogP contribution in [0.2, 0.25) is 0 Å². The van der Waals surface area contributed by atoms with Crippen LogP contribution in [0, 0.1) is 20.8 Å². The fourth-order valence-electron chi connectivity index (χ4n) is 3.47. The Morgan fingerprint density at radius 1 is 0.862 bits per heavy atom. The predicted octanol–water partition coefficient (Wildman–Crippen LogP) is 3.92. The Morgan fingerprint density at radius 3 is 2.21 bits per heavy atom. The Hall–Kier alpha value is -3.47. The van der Waals surface area contributed by atoms with E-state index in [0.29, 0.717) is 11.1 Å². The summed E-state index contributed by atoms with van der Waals surface area (Å²) >= 11 is 0. The summed E-state index contributed by atoms with van der Waals surface area (Å²) in [4.78, 5) is 36.7. The molecule has 0 aliphatic rings. The largest absolute Gasteiger partial charge is 0.456 e. The molecular weight excluding hydrogens is 366 g/mol. The number of benzene rings is 3. The van der Waals surface area contributed by atoms with E-state index in [1.165, 1.54) is 0 Å². The third-order valence-electron chi connectivity index (χ3n) is 4.73. The first-order chi connectivity index (χ1) is 13.8. The lowest BCUT2D eigenvalue weighted by Crippen LogP contribution is -2.31. The smallest absolute Gasteiger partial charge is 0.325 e. The first-order valence-electron chi connectivity index (χ1n) is 9.39. The number of esters is 1. The number of ether oxygens (including phenoxy) is 1. The number of rotatable bonds is 6. The van der Waals surface area contributed by atoms with Crippen LogP contribution in [-0.4, -0.2) is 30.8 Å². The molecule has 0 saturated carbocycles. The van der Waals surface area contributed by atoms with Crippen molar-refractivity contribution in [3.8, 4) is 0 Å². The van der Waals surface area contributed by atoms with E-state index >= 15 is 0 Å². The summed E-state index contributed by atoms with van der Waals surface area (Å²) in [7, 11) is 0. The molecule has 5 nitrogen and oxygen atoms in total. The van der Waals surface area contributed by atoms with Crippen LogP contribution in [-0.2, 0) is 9.53 Å². The second kappa shape index (κ2) is 8.69. The van der Waals surface area contributed by atoms with E-state index in [2.05, 4.69) is 5.32 Å². The fourth-order valence-corrected chi connectivity index (χ4v) is 3.47. The molecule has 0 aliphatic heterocycles. The van der Waals surface area contributed by atoms with Crippen LogP contribution in [0.1, 0.15) is 37.4 Å². The Labute approximate surface area is 169 Å². The van der Waals surface area contributed by atoms with E-state index in [4.69, 9.17) is 4.74 Å². The highest BCUT2D eigenvalue weighted by molar-refractivity contribution is 6.01. The number of carbonyl (C=O) groups excluding carboxylic acids is 3. The summed E-state index contributed by atoms with van der Waals surface area (Å²) in [5.74, 6) is -1.28. The van der Waals surface area contributed by atoms with Crippen molar-refractivity contribution in [2.24, 2.45) is 0 Å². The Balaban J connectivity index is 1.54. The molecule has 29 heavy (non-hydrogen) atoms. The lowest BCUT2D eigenvalue weighted by molar-refractivity contribution is -0.141. The maximum Gasteiger partial charge on any atom is 0.325 e. The second-order valence-corrected chi connectivity index (χ2v) is 7.10. The zero-order chi connectivity index (χ0) is 21.0. The van der Waals surface area contributed by atoms with Gasteiger partial charge >= 0.3 is 5.97 Å². The SMILES string of the molecule is Cc1cc(C)c(C(=O)COC(=O)CNC(=O)c2ccc3ccccc3c2)c(C)c1. The van der Waals surface area contributed by atoms with Gasteiger partial charge in [-0.05, 0) is 54.8 Å². The molecule has 5 heteroatoms. The van der Waals surface area contributed by atoms with E-state index in [9.17, 15) is 14.4 Å². The van der Waals surface area contributed by atoms with Gasteiger partial charge in [0, 0.05) is 11.1 Å². The lowest BCUT2D eigenvalue weighted by Gasteiger charge is -2.11. The Kier molecular flexibility index (Phi) is 6.07. The molecule has 3 aromatic rings. The maximum absolute atomic E-state index is 12.4. The third kappa shape index (κ3) is 4.88. The topological polar surface area (TPSA) is 72.5 Å². The zero-order valence-electron chi connectivity index (χ0n) is 16.7. The van der Waals surface area contributed by atoms with Gasteiger partial charge in [0.2, 0.25) is 5.78 Å². The van der Waals surface area contributed by atoms with E-state index in [-0.39, 0.29) is 24.8 Å². The van der Waals surface area contributed by atoms with Crippen LogP contribution in [0.4, 0.5) is 0 Å². The van der Waals surface area contributed by atoms with Crippen molar-refractivity contribution < 1.29 is 19.1 Å². The molecule has 1 N–H and O–H groups in total. The van der Waals surface area contributed by atoms with Gasteiger partial charge in [0.25, 0.3) is 5.91 Å². The van der Waals surface area contributed by atoms with Gasteiger partial charge in [-0.2, -0.15) is 0 Å². The van der Waals surface area contributed by atoms with Crippen LogP contribution in [0.3, 0.4) is 0 Å². The number of ketones is 1. The molecular formula is C24H23NO4. The molecule has 148 valence electrons. The van der Waals surface area contributed by atoms with Gasteiger partial charge in [0.05, 0.1) is 0 Å². The highest BCUT2D eigenvalue weighted by Crippen LogP contribution is 2.17. The number of Topliss-reactive ketones (excluding diaryl/α,β-unsaturated/α-hetero) is 1. The van der Waals surface area contributed by atoms with E-state index in [1.807, 2.05) is 63.2 Å². The Bertz CT molecular complexity index is 1080. The number of amides is 1. The van der Waals surface area contributed by atoms with Gasteiger partial charge in [0.1, 0.15) is 6.54 Å². The molecule has 0 atom stereocenters. The molecule has 0 fully saturated rings. The van der Waals surface area contributed by atoms with Crippen molar-refractivity contribution in [3.05, 3.63) is 82.4 Å². The molecule has 0 radical (unpaired) electrons. The van der Waals surface area contributed by atoms with Gasteiger partial charge in [0.15, 0.2) is 6.61 Å². The van der Waals surface area contributed by atoms with Gasteiger partial charge in [-0.25, -0.2) is 0 Å². The summed E-state index contributed by atoms with van der Waals surface area (Å²) in [5, 5.41) is 4.51. The molecule has 0 spiro atoms. The molecule has 3 rings (SSSR count). The summed E-state index contributed by atoms with van der Waals surface area (Å²) in [6.45, 7) is 5.03. The Morgan fingerprint density at radius 2 is 1.52 bits per heavy atom. The van der Waals surface area contributed by atoms with Crippen LogP contribution in [0.25, 0.3) is 10.8 Å². The molecule has 0 saturated heterocycles. The standard InChI is InChI=1S/C24H23NO4/c1-15-10-16(2)23(17(3)11-15)21(26)14-29-22(27)13-25-24(28)20-9-8-18-6-4-5-7-19(18)12-20/h4-12H,13-14H2,1-3H3,(H,25,28). The van der Waals surface area contributed by atoms with E-state index < -0.39 is 5.97 Å². The molecule has 1 amide bonds. The average molecular weight is 389 g/mol. The molecule has 0 bridgehead atoms. The molecule has 0 aliphatic carbocycles. The van der Waals surface area contributed by atoms with E-state index in [1.54, 1.807) is 12.1 Å². The summed E-state index contributed by atoms with van der Waals surface area (Å²) < 4.78 is 5.05. The van der Waals surface area contributed by atoms with Crippen molar-refractivity contribution in [1.82, 2.24) is 5.32 Å². The van der Waals surface area contributed by atoms with Crippen molar-refractivity contribution in [3.63, 3.8) is 0 Å². The first-order valence-corrected chi connectivity index (χ1v) is 9.39. The fraction of sp³-hybridized carbons (Fsp3) is 0.208.